The minimum absolute atomic E-state index is 0.0156. The van der Waals surface area contributed by atoms with E-state index >= 15 is 0 Å². The molecule has 0 spiro atoms. The third-order valence-corrected chi connectivity index (χ3v) is 6.20. The van der Waals surface area contributed by atoms with Crippen molar-refractivity contribution in [1.82, 2.24) is 4.72 Å². The van der Waals surface area contributed by atoms with Crippen LogP contribution in [0.3, 0.4) is 0 Å². The third kappa shape index (κ3) is 4.09. The first-order valence-electron chi connectivity index (χ1n) is 7.57. The van der Waals surface area contributed by atoms with Gasteiger partial charge in [0.05, 0.1) is 19.2 Å². The Hall–Kier alpha value is -1.02. The molecule has 1 fully saturated rings. The van der Waals surface area contributed by atoms with Crippen LogP contribution in [0.2, 0.25) is 5.02 Å². The molecule has 2 unspecified atom stereocenters. The van der Waals surface area contributed by atoms with Crippen molar-refractivity contribution in [3.8, 4) is 11.5 Å². The Morgan fingerprint density at radius 2 is 1.83 bits per heavy atom. The predicted molar refractivity (Wildman–Crippen MR) is 89.7 cm³/mol. The second kappa shape index (κ2) is 7.70. The summed E-state index contributed by atoms with van der Waals surface area (Å²) in [5.74, 6) is 0.850. The fourth-order valence-corrected chi connectivity index (χ4v) is 4.82. The minimum atomic E-state index is -3.76. The van der Waals surface area contributed by atoms with E-state index in [1.54, 1.807) is 0 Å². The molecule has 0 aliphatic heterocycles. The summed E-state index contributed by atoms with van der Waals surface area (Å²) in [5, 5.41) is 0.0928. The van der Waals surface area contributed by atoms with E-state index in [2.05, 4.69) is 4.72 Å². The van der Waals surface area contributed by atoms with Gasteiger partial charge in [-0.15, -0.1) is 0 Å². The van der Waals surface area contributed by atoms with E-state index in [0.717, 1.165) is 25.7 Å². The number of methoxy groups -OCH3 is 2. The SMILES string of the molecule is COc1cc(Cl)c(S(=O)(=O)NC2CCCCC2CN)cc1OC. The number of hydrogen-bond acceptors (Lipinski definition) is 5. The Bertz CT molecular complexity index is 651. The highest BCUT2D eigenvalue weighted by atomic mass is 35.5. The first kappa shape index (κ1) is 18.3. The Morgan fingerprint density at radius 3 is 2.43 bits per heavy atom. The normalized spacial score (nSPS) is 21.9. The van der Waals surface area contributed by atoms with Gasteiger partial charge in [0.15, 0.2) is 11.5 Å². The van der Waals surface area contributed by atoms with Gasteiger partial charge >= 0.3 is 0 Å². The van der Waals surface area contributed by atoms with Gasteiger partial charge in [0.25, 0.3) is 0 Å². The molecule has 3 N–H and O–H groups in total. The molecule has 0 heterocycles. The standard InChI is InChI=1S/C15H23ClN2O4S/c1-21-13-7-11(16)15(8-14(13)22-2)23(19,20)18-12-6-4-3-5-10(12)9-17/h7-8,10,12,18H,3-6,9,17H2,1-2H3. The van der Waals surface area contributed by atoms with Gasteiger partial charge in [-0.2, -0.15) is 0 Å². The Kier molecular flexibility index (Phi) is 6.13. The molecule has 1 aliphatic rings. The lowest BCUT2D eigenvalue weighted by atomic mass is 9.85. The van der Waals surface area contributed by atoms with Gasteiger partial charge in [-0.05, 0) is 25.3 Å². The second-order valence-corrected chi connectivity index (χ2v) is 7.74. The summed E-state index contributed by atoms with van der Waals surface area (Å²) >= 11 is 6.13. The summed E-state index contributed by atoms with van der Waals surface area (Å²) in [7, 11) is -0.852. The quantitative estimate of drug-likeness (QED) is 0.809. The van der Waals surface area contributed by atoms with E-state index in [1.165, 1.54) is 26.4 Å². The van der Waals surface area contributed by atoms with E-state index in [1.807, 2.05) is 0 Å². The fourth-order valence-electron chi connectivity index (χ4n) is 2.95. The molecule has 1 aromatic carbocycles. The van der Waals surface area contributed by atoms with Crippen LogP contribution in [0, 0.1) is 5.92 Å². The van der Waals surface area contributed by atoms with Gasteiger partial charge < -0.3 is 15.2 Å². The number of halogens is 1. The molecule has 0 bridgehead atoms. The number of hydrogen-bond donors (Lipinski definition) is 2. The van der Waals surface area contributed by atoms with Gasteiger partial charge in [-0.1, -0.05) is 24.4 Å². The first-order chi connectivity index (χ1) is 10.9. The van der Waals surface area contributed by atoms with E-state index in [-0.39, 0.29) is 21.9 Å². The highest BCUT2D eigenvalue weighted by Gasteiger charge is 2.30. The number of rotatable bonds is 6. The summed E-state index contributed by atoms with van der Waals surface area (Å²) in [4.78, 5) is -0.0156. The van der Waals surface area contributed by atoms with Gasteiger partial charge in [0.1, 0.15) is 4.90 Å². The van der Waals surface area contributed by atoms with Crippen LogP contribution in [0.5, 0.6) is 11.5 Å². The van der Waals surface area contributed by atoms with Crippen LogP contribution in [-0.4, -0.2) is 35.2 Å². The summed E-state index contributed by atoms with van der Waals surface area (Å²) in [6, 6.07) is 2.66. The molecular weight excluding hydrogens is 340 g/mol. The van der Waals surface area contributed by atoms with Crippen molar-refractivity contribution in [1.29, 1.82) is 0 Å². The summed E-state index contributed by atoms with van der Waals surface area (Å²) in [6.45, 7) is 0.465. The largest absolute Gasteiger partial charge is 0.493 e. The lowest BCUT2D eigenvalue weighted by Crippen LogP contribution is -2.44. The van der Waals surface area contributed by atoms with E-state index in [0.29, 0.717) is 18.0 Å². The maximum absolute atomic E-state index is 12.7. The highest BCUT2D eigenvalue weighted by Crippen LogP contribution is 2.36. The molecule has 2 rings (SSSR count). The van der Waals surface area contributed by atoms with Crippen molar-refractivity contribution in [3.63, 3.8) is 0 Å². The zero-order valence-corrected chi connectivity index (χ0v) is 14.9. The number of ether oxygens (including phenoxy) is 2. The van der Waals surface area contributed by atoms with Crippen molar-refractivity contribution < 1.29 is 17.9 Å². The second-order valence-electron chi connectivity index (χ2n) is 5.65. The number of nitrogens with two attached hydrogens (primary N) is 1. The maximum atomic E-state index is 12.7. The lowest BCUT2D eigenvalue weighted by Gasteiger charge is -2.31. The van der Waals surface area contributed by atoms with Crippen LogP contribution in [0.15, 0.2) is 17.0 Å². The molecule has 0 aromatic heterocycles. The molecular formula is C15H23ClN2O4S. The van der Waals surface area contributed by atoms with Crippen LogP contribution in [0.1, 0.15) is 25.7 Å². The van der Waals surface area contributed by atoms with Crippen molar-refractivity contribution in [2.45, 2.75) is 36.6 Å². The Morgan fingerprint density at radius 1 is 1.22 bits per heavy atom. The molecule has 1 aliphatic carbocycles. The molecule has 8 heteroatoms. The van der Waals surface area contributed by atoms with Crippen LogP contribution in [0.4, 0.5) is 0 Å². The van der Waals surface area contributed by atoms with Gasteiger partial charge in [0, 0.05) is 18.2 Å². The summed E-state index contributed by atoms with van der Waals surface area (Å²) in [6.07, 6.45) is 3.79. The summed E-state index contributed by atoms with van der Waals surface area (Å²) in [5.41, 5.74) is 5.77. The number of benzene rings is 1. The smallest absolute Gasteiger partial charge is 0.242 e. The highest BCUT2D eigenvalue weighted by molar-refractivity contribution is 7.89. The number of nitrogens with one attached hydrogen (secondary N) is 1. The lowest BCUT2D eigenvalue weighted by molar-refractivity contribution is 0.296. The Labute approximate surface area is 142 Å². The zero-order chi connectivity index (χ0) is 17.0. The molecule has 23 heavy (non-hydrogen) atoms. The summed E-state index contributed by atoms with van der Waals surface area (Å²) < 4.78 is 38.5. The van der Waals surface area contributed by atoms with Gasteiger partial charge in [-0.25, -0.2) is 13.1 Å². The third-order valence-electron chi connectivity index (χ3n) is 4.25. The van der Waals surface area contributed by atoms with Crippen molar-refractivity contribution in [3.05, 3.63) is 17.2 Å². The number of sulfonamides is 1. The monoisotopic (exact) mass is 362 g/mol. The van der Waals surface area contributed by atoms with Crippen LogP contribution < -0.4 is 19.9 Å². The van der Waals surface area contributed by atoms with Crippen LogP contribution in [0.25, 0.3) is 0 Å². The van der Waals surface area contributed by atoms with E-state index in [9.17, 15) is 8.42 Å². The van der Waals surface area contributed by atoms with Crippen LogP contribution >= 0.6 is 11.6 Å². The average molecular weight is 363 g/mol. The average Bonchev–Trinajstić information content (AvgIpc) is 2.54. The van der Waals surface area contributed by atoms with E-state index in [4.69, 9.17) is 26.8 Å². The van der Waals surface area contributed by atoms with Gasteiger partial charge in [-0.3, -0.25) is 0 Å². The Balaban J connectivity index is 2.32. The predicted octanol–water partition coefficient (Wildman–Crippen LogP) is 2.15. The first-order valence-corrected chi connectivity index (χ1v) is 9.43. The van der Waals surface area contributed by atoms with Crippen LogP contribution in [-0.2, 0) is 10.0 Å². The molecule has 2 atom stereocenters. The van der Waals surface area contributed by atoms with Crippen molar-refractivity contribution in [2.75, 3.05) is 20.8 Å². The minimum Gasteiger partial charge on any atom is -0.493 e. The zero-order valence-electron chi connectivity index (χ0n) is 13.3. The molecule has 130 valence electrons. The maximum Gasteiger partial charge on any atom is 0.242 e. The molecule has 1 aromatic rings. The topological polar surface area (TPSA) is 90.7 Å². The molecule has 6 nitrogen and oxygen atoms in total. The molecule has 0 saturated heterocycles. The molecule has 0 radical (unpaired) electrons. The van der Waals surface area contributed by atoms with Crippen molar-refractivity contribution >= 4 is 21.6 Å². The molecule has 1 saturated carbocycles. The fraction of sp³-hybridized carbons (Fsp3) is 0.600. The van der Waals surface area contributed by atoms with Gasteiger partial charge in [0.2, 0.25) is 10.0 Å². The molecule has 0 amide bonds. The van der Waals surface area contributed by atoms with E-state index < -0.39 is 10.0 Å². The van der Waals surface area contributed by atoms with Crippen molar-refractivity contribution in [2.24, 2.45) is 11.7 Å².